The largest absolute Gasteiger partial charge is 0.346 e. The smallest absolute Gasteiger partial charge is 0.158 e. The molecule has 7 heteroatoms. The topological polar surface area (TPSA) is 66.3 Å². The zero-order valence-electron chi connectivity index (χ0n) is 21.8. The highest BCUT2D eigenvalue weighted by molar-refractivity contribution is 7.19. The van der Waals surface area contributed by atoms with Gasteiger partial charge in [0, 0.05) is 34.1 Å². The maximum Gasteiger partial charge on any atom is 0.158 e. The molecule has 5 heterocycles. The molecule has 3 aliphatic rings. The summed E-state index contributed by atoms with van der Waals surface area (Å²) in [6, 6.07) is 0. The van der Waals surface area contributed by atoms with Crippen molar-refractivity contribution in [1.82, 2.24) is 24.5 Å². The molecule has 0 atom stereocenters. The van der Waals surface area contributed by atoms with Crippen LogP contribution in [0.2, 0.25) is 0 Å². The summed E-state index contributed by atoms with van der Waals surface area (Å²) < 4.78 is 1.97. The highest BCUT2D eigenvalue weighted by Gasteiger charge is 2.49. The SMILES string of the molecule is CC(=O)CN1CCC2(CC(c3sc4[nH]c(-c5cn6ncnc6c6c5CCC6)c(C(C)C)c4c3C)C2)C1. The molecule has 2 fully saturated rings. The van der Waals surface area contributed by atoms with E-state index >= 15 is 0 Å². The van der Waals surface area contributed by atoms with Gasteiger partial charge in [-0.3, -0.25) is 9.69 Å². The maximum absolute atomic E-state index is 11.6. The van der Waals surface area contributed by atoms with Gasteiger partial charge in [-0.2, -0.15) is 5.10 Å². The van der Waals surface area contributed by atoms with Crippen LogP contribution in [0.5, 0.6) is 0 Å². The molecule has 0 bridgehead atoms. The third-order valence-corrected chi connectivity index (χ3v) is 10.5. The Morgan fingerprint density at radius 1 is 1.28 bits per heavy atom. The Hall–Kier alpha value is -2.51. The lowest BCUT2D eigenvalue weighted by molar-refractivity contribution is -0.118. The highest BCUT2D eigenvalue weighted by atomic mass is 32.1. The van der Waals surface area contributed by atoms with Crippen LogP contribution in [0, 0.1) is 12.3 Å². The van der Waals surface area contributed by atoms with E-state index in [2.05, 4.69) is 46.9 Å². The number of pyridine rings is 1. The van der Waals surface area contributed by atoms with Crippen LogP contribution in [0.3, 0.4) is 0 Å². The summed E-state index contributed by atoms with van der Waals surface area (Å²) in [5, 5.41) is 5.95. The van der Waals surface area contributed by atoms with E-state index in [0.717, 1.165) is 31.6 Å². The van der Waals surface area contributed by atoms with Crippen LogP contribution >= 0.6 is 11.3 Å². The molecule has 0 amide bonds. The minimum absolute atomic E-state index is 0.289. The number of hydrogen-bond donors (Lipinski definition) is 1. The van der Waals surface area contributed by atoms with Gasteiger partial charge in [0.2, 0.25) is 0 Å². The molecule has 4 aromatic rings. The van der Waals surface area contributed by atoms with Gasteiger partial charge < -0.3 is 4.98 Å². The molecule has 1 aliphatic heterocycles. The molecule has 1 N–H and O–H groups in total. The van der Waals surface area contributed by atoms with Crippen molar-refractivity contribution in [1.29, 1.82) is 0 Å². The molecule has 2 aliphatic carbocycles. The number of carbonyl (C=O) groups is 1. The number of nitrogens with one attached hydrogen (secondary N) is 1. The molecule has 1 saturated carbocycles. The average molecular weight is 502 g/mol. The summed E-state index contributed by atoms with van der Waals surface area (Å²) in [7, 11) is 0. The molecule has 6 nitrogen and oxygen atoms in total. The molecule has 7 rings (SSSR count). The van der Waals surface area contributed by atoms with E-state index in [4.69, 9.17) is 0 Å². The molecule has 1 saturated heterocycles. The number of aromatic amines is 1. The van der Waals surface area contributed by atoms with E-state index in [1.807, 2.05) is 15.9 Å². The Bertz CT molecular complexity index is 1520. The lowest BCUT2D eigenvalue weighted by Crippen LogP contribution is -2.39. The fourth-order valence-electron chi connectivity index (χ4n) is 7.67. The number of aromatic nitrogens is 4. The van der Waals surface area contributed by atoms with Gasteiger partial charge in [0.25, 0.3) is 0 Å². The van der Waals surface area contributed by atoms with Crippen LogP contribution in [-0.4, -0.2) is 49.9 Å². The second kappa shape index (κ2) is 7.99. The summed E-state index contributed by atoms with van der Waals surface area (Å²) in [6.07, 6.45) is 11.1. The number of fused-ring (bicyclic) bond motifs is 4. The van der Waals surface area contributed by atoms with Gasteiger partial charge in [0.1, 0.15) is 16.9 Å². The van der Waals surface area contributed by atoms with Crippen LogP contribution in [0.15, 0.2) is 12.5 Å². The molecular formula is C29H35N5OS. The van der Waals surface area contributed by atoms with Gasteiger partial charge >= 0.3 is 0 Å². The Labute approximate surface area is 216 Å². The Morgan fingerprint density at radius 2 is 2.08 bits per heavy atom. The molecule has 0 aromatic carbocycles. The first-order valence-corrected chi connectivity index (χ1v) is 14.4. The summed E-state index contributed by atoms with van der Waals surface area (Å²) in [5.41, 5.74) is 9.84. The van der Waals surface area contributed by atoms with Crippen molar-refractivity contribution in [3.05, 3.63) is 39.7 Å². The van der Waals surface area contributed by atoms with Crippen LogP contribution in [-0.2, 0) is 17.6 Å². The fraction of sp³-hybridized carbons (Fsp3) is 0.552. The summed E-state index contributed by atoms with van der Waals surface area (Å²) >= 11 is 1.99. The van der Waals surface area contributed by atoms with Gasteiger partial charge in [-0.05, 0) is 92.9 Å². The maximum atomic E-state index is 11.6. The van der Waals surface area contributed by atoms with Crippen molar-refractivity contribution in [2.75, 3.05) is 19.6 Å². The lowest BCUT2D eigenvalue weighted by atomic mass is 9.60. The predicted molar refractivity (Wildman–Crippen MR) is 145 cm³/mol. The number of carbonyl (C=O) groups excluding carboxylic acids is 1. The van der Waals surface area contributed by atoms with Crippen molar-refractivity contribution in [2.45, 2.75) is 78.1 Å². The molecule has 0 radical (unpaired) electrons. The number of rotatable bonds is 5. The monoisotopic (exact) mass is 501 g/mol. The minimum atomic E-state index is 0.289. The van der Waals surface area contributed by atoms with Crippen LogP contribution in [0.1, 0.15) is 85.4 Å². The van der Waals surface area contributed by atoms with Crippen LogP contribution in [0.25, 0.3) is 27.1 Å². The van der Waals surface area contributed by atoms with E-state index in [1.54, 1.807) is 18.1 Å². The highest BCUT2D eigenvalue weighted by Crippen LogP contribution is 2.59. The number of thiophene rings is 1. The normalized spacial score (nSPS) is 24.0. The fourth-order valence-corrected chi connectivity index (χ4v) is 9.00. The number of nitrogens with zero attached hydrogens (tertiary/aromatic N) is 4. The average Bonchev–Trinajstić information content (AvgIpc) is 3.60. The van der Waals surface area contributed by atoms with Gasteiger partial charge in [-0.25, -0.2) is 9.50 Å². The Kier molecular flexibility index (Phi) is 5.03. The minimum Gasteiger partial charge on any atom is -0.346 e. The number of hydrogen-bond acceptors (Lipinski definition) is 5. The van der Waals surface area contributed by atoms with Gasteiger partial charge in [-0.1, -0.05) is 13.8 Å². The van der Waals surface area contributed by atoms with Gasteiger partial charge in [0.05, 0.1) is 12.2 Å². The summed E-state index contributed by atoms with van der Waals surface area (Å²) in [6.45, 7) is 11.5. The van der Waals surface area contributed by atoms with E-state index < -0.39 is 0 Å². The number of ketones is 1. The molecule has 0 unspecified atom stereocenters. The second-order valence-electron chi connectivity index (χ2n) is 12.0. The van der Waals surface area contributed by atoms with Crippen molar-refractivity contribution >= 4 is 33.0 Å². The Balaban J connectivity index is 1.25. The van der Waals surface area contributed by atoms with Crippen LogP contribution in [0.4, 0.5) is 0 Å². The summed E-state index contributed by atoms with van der Waals surface area (Å²) in [4.78, 5) is 25.3. The van der Waals surface area contributed by atoms with E-state index in [9.17, 15) is 4.79 Å². The van der Waals surface area contributed by atoms with E-state index in [-0.39, 0.29) is 5.78 Å². The third kappa shape index (κ3) is 3.28. The first kappa shape index (κ1) is 22.7. The van der Waals surface area contributed by atoms with Crippen molar-refractivity contribution in [3.63, 3.8) is 0 Å². The quantitative estimate of drug-likeness (QED) is 0.363. The number of Topliss-reactive ketones (excluding diaryl/α,β-unsaturated/α-hetero) is 1. The third-order valence-electron chi connectivity index (χ3n) is 9.14. The van der Waals surface area contributed by atoms with Crippen molar-refractivity contribution in [2.24, 2.45) is 5.41 Å². The van der Waals surface area contributed by atoms with Crippen molar-refractivity contribution < 1.29 is 4.79 Å². The zero-order valence-corrected chi connectivity index (χ0v) is 22.6. The van der Waals surface area contributed by atoms with E-state index in [1.165, 1.54) is 69.4 Å². The number of aryl methyl sites for hydroxylation is 2. The lowest BCUT2D eigenvalue weighted by Gasteiger charge is -2.45. The summed E-state index contributed by atoms with van der Waals surface area (Å²) in [5.74, 6) is 1.38. The first-order valence-electron chi connectivity index (χ1n) is 13.5. The zero-order chi connectivity index (χ0) is 24.8. The van der Waals surface area contributed by atoms with Crippen molar-refractivity contribution in [3.8, 4) is 11.3 Å². The second-order valence-corrected chi connectivity index (χ2v) is 13.1. The molecule has 1 spiro atoms. The van der Waals surface area contributed by atoms with Crippen LogP contribution < -0.4 is 0 Å². The van der Waals surface area contributed by atoms with Gasteiger partial charge in [-0.15, -0.1) is 11.3 Å². The number of H-pyrrole nitrogens is 1. The van der Waals surface area contributed by atoms with Gasteiger partial charge in [0.15, 0.2) is 5.65 Å². The predicted octanol–water partition coefficient (Wildman–Crippen LogP) is 6.02. The Morgan fingerprint density at radius 3 is 2.86 bits per heavy atom. The molecule has 188 valence electrons. The first-order chi connectivity index (χ1) is 17.3. The van der Waals surface area contributed by atoms with E-state index in [0.29, 0.717) is 23.8 Å². The standard InChI is InChI=1S/C29H35N5OS/c1-16(2)23-24-18(4)26(19-10-29(11-19)8-9-33(14-29)12-17(3)35)36-28(24)32-25(23)22-13-34-27(30-15-31-34)21-7-5-6-20(21)22/h13,15-16,19,32H,5-12,14H2,1-4H3. The molecule has 36 heavy (non-hydrogen) atoms. The number of likely N-dealkylation sites (tertiary alicyclic amines) is 1. The molecular weight excluding hydrogens is 466 g/mol. The molecule has 4 aromatic heterocycles.